The Labute approximate surface area is 322 Å². The quantitative estimate of drug-likeness (QED) is 0.231. The first-order valence-electron chi connectivity index (χ1n) is 16.8. The number of fused-ring (bicyclic) bond motifs is 1. The maximum Gasteiger partial charge on any atom is 0.490 e. The molecule has 0 bridgehead atoms. The highest BCUT2D eigenvalue weighted by atomic mass is 35.5. The van der Waals surface area contributed by atoms with E-state index in [1.165, 1.54) is 26.0 Å². The van der Waals surface area contributed by atoms with Crippen LogP contribution < -0.4 is 15.2 Å². The normalized spacial score (nSPS) is 14.5. The topological polar surface area (TPSA) is 175 Å². The minimum Gasteiger partial charge on any atom is -0.487 e. The zero-order chi connectivity index (χ0) is 40.8. The minimum absolute atomic E-state index is 0.108. The molecule has 298 valence electrons. The highest BCUT2D eigenvalue weighted by Crippen LogP contribution is 2.34. The molecule has 2 aromatic carbocycles. The number of pyridine rings is 1. The molecule has 0 saturated carbocycles. The molecule has 1 atom stereocenters. The van der Waals surface area contributed by atoms with Gasteiger partial charge in [-0.25, -0.2) is 18.2 Å². The summed E-state index contributed by atoms with van der Waals surface area (Å²) < 4.78 is 67.7. The van der Waals surface area contributed by atoms with Gasteiger partial charge < -0.3 is 30.3 Å². The van der Waals surface area contributed by atoms with E-state index in [1.807, 2.05) is 51.0 Å². The third kappa shape index (κ3) is 11.6. The molecule has 1 fully saturated rings. The van der Waals surface area contributed by atoms with Gasteiger partial charge in [-0.05, 0) is 91.0 Å². The van der Waals surface area contributed by atoms with Crippen LogP contribution >= 0.6 is 23.2 Å². The highest BCUT2D eigenvalue weighted by Gasteiger charge is 2.40. The van der Waals surface area contributed by atoms with Crippen LogP contribution in [0, 0.1) is 13.8 Å². The number of alkyl halides is 3. The second-order valence-corrected chi connectivity index (χ2v) is 16.0. The number of carbonyl (C=O) groups is 3. The van der Waals surface area contributed by atoms with E-state index in [9.17, 15) is 31.2 Å². The zero-order valence-corrected chi connectivity index (χ0v) is 33.1. The van der Waals surface area contributed by atoms with Crippen molar-refractivity contribution < 1.29 is 45.8 Å². The molecule has 13 nitrogen and oxygen atoms in total. The smallest absolute Gasteiger partial charge is 0.487 e. The fourth-order valence-electron chi connectivity index (χ4n) is 5.68. The zero-order valence-electron chi connectivity index (χ0n) is 30.8. The molecule has 1 aromatic heterocycles. The number of carboxylic acid groups (broad SMARTS) is 1. The number of rotatable bonds is 12. The lowest BCUT2D eigenvalue weighted by atomic mass is 10.0. The number of carboxylic acids is 1. The predicted molar refractivity (Wildman–Crippen MR) is 199 cm³/mol. The third-order valence-corrected chi connectivity index (χ3v) is 11.0. The van der Waals surface area contributed by atoms with Crippen LogP contribution in [0.2, 0.25) is 10.0 Å². The van der Waals surface area contributed by atoms with Crippen molar-refractivity contribution in [3.05, 3.63) is 63.3 Å². The number of ether oxygens (including phenoxy) is 1. The van der Waals surface area contributed by atoms with Gasteiger partial charge in [0.1, 0.15) is 28.3 Å². The van der Waals surface area contributed by atoms with Crippen LogP contribution in [0.5, 0.6) is 5.75 Å². The van der Waals surface area contributed by atoms with Gasteiger partial charge in [-0.2, -0.15) is 17.9 Å². The molecule has 0 radical (unpaired) electrons. The first-order valence-corrected chi connectivity index (χ1v) is 19.0. The van der Waals surface area contributed by atoms with Crippen LogP contribution in [0.3, 0.4) is 0 Å². The molecule has 2 amide bonds. The van der Waals surface area contributed by atoms with Crippen molar-refractivity contribution in [3.8, 4) is 5.75 Å². The molecule has 4 N–H and O–H groups in total. The van der Waals surface area contributed by atoms with Gasteiger partial charge in [-0.15, -0.1) is 0 Å². The first-order chi connectivity index (χ1) is 25.0. The summed E-state index contributed by atoms with van der Waals surface area (Å²) in [6.07, 6.45) is -3.70. The monoisotopic (exact) mass is 820 g/mol. The molecular formula is C35H45Cl2F3N6O7S. The van der Waals surface area contributed by atoms with Gasteiger partial charge in [0.2, 0.25) is 21.8 Å². The lowest BCUT2D eigenvalue weighted by molar-refractivity contribution is -0.192. The average Bonchev–Trinajstić information content (AvgIpc) is 3.06. The molecule has 0 unspecified atom stereocenters. The summed E-state index contributed by atoms with van der Waals surface area (Å²) in [6.45, 7) is 8.75. The van der Waals surface area contributed by atoms with Crippen molar-refractivity contribution >= 4 is 61.9 Å². The lowest BCUT2D eigenvalue weighted by Gasteiger charge is -2.39. The summed E-state index contributed by atoms with van der Waals surface area (Å²) in [5, 5.41) is 8.18. The third-order valence-electron chi connectivity index (χ3n) is 8.43. The van der Waals surface area contributed by atoms with Crippen molar-refractivity contribution in [2.75, 3.05) is 46.8 Å². The van der Waals surface area contributed by atoms with Gasteiger partial charge in [0, 0.05) is 47.8 Å². The number of hydrogen-bond acceptors (Lipinski definition) is 9. The Morgan fingerprint density at radius 2 is 1.65 bits per heavy atom. The Hall–Kier alpha value is -3.74. The molecule has 2 heterocycles. The summed E-state index contributed by atoms with van der Waals surface area (Å²) >= 11 is 13.1. The Balaban J connectivity index is 0.00000102. The molecule has 54 heavy (non-hydrogen) atoms. The number of hydrogen-bond donors (Lipinski definition) is 3. The van der Waals surface area contributed by atoms with E-state index in [4.69, 9.17) is 43.6 Å². The molecular weight excluding hydrogens is 776 g/mol. The number of carbonyl (C=O) groups excluding carboxylic acids is 2. The molecule has 3 aromatic rings. The summed E-state index contributed by atoms with van der Waals surface area (Å²) in [6, 6.07) is 9.71. The summed E-state index contributed by atoms with van der Waals surface area (Å²) in [7, 11) is -0.356. The number of nitrogens with two attached hydrogens (primary N) is 1. The molecule has 0 spiro atoms. The second-order valence-electron chi connectivity index (χ2n) is 13.6. The van der Waals surface area contributed by atoms with E-state index in [2.05, 4.69) is 9.71 Å². The highest BCUT2D eigenvalue weighted by molar-refractivity contribution is 7.89. The number of nitrogens with zero attached hydrogens (tertiary/aromatic N) is 4. The summed E-state index contributed by atoms with van der Waals surface area (Å²) in [5.41, 5.74) is 7.47. The maximum absolute atomic E-state index is 13.7. The first kappa shape index (κ1) is 44.7. The summed E-state index contributed by atoms with van der Waals surface area (Å²) in [5.74, 6) is -2.82. The number of aromatic nitrogens is 1. The number of para-hydroxylation sites is 1. The van der Waals surface area contributed by atoms with Gasteiger partial charge in [-0.3, -0.25) is 9.59 Å². The number of nitrogens with one attached hydrogen (secondary N) is 1. The Kier molecular flexibility index (Phi) is 15.1. The summed E-state index contributed by atoms with van der Waals surface area (Å²) in [4.78, 5) is 44.9. The Bertz CT molecular complexity index is 1960. The van der Waals surface area contributed by atoms with Crippen LogP contribution in [0.25, 0.3) is 10.9 Å². The van der Waals surface area contributed by atoms with E-state index in [1.54, 1.807) is 15.9 Å². The number of benzene rings is 2. The van der Waals surface area contributed by atoms with Crippen molar-refractivity contribution in [2.24, 2.45) is 5.73 Å². The second kappa shape index (κ2) is 18.3. The van der Waals surface area contributed by atoms with Gasteiger partial charge in [0.05, 0.1) is 11.1 Å². The van der Waals surface area contributed by atoms with Crippen molar-refractivity contribution in [1.82, 2.24) is 24.4 Å². The van der Waals surface area contributed by atoms with Crippen molar-refractivity contribution in [1.29, 1.82) is 0 Å². The predicted octanol–water partition coefficient (Wildman–Crippen LogP) is 4.77. The van der Waals surface area contributed by atoms with Crippen LogP contribution in [0.15, 0.2) is 41.3 Å². The largest absolute Gasteiger partial charge is 0.490 e. The fourth-order valence-corrected chi connectivity index (χ4v) is 7.94. The van der Waals surface area contributed by atoms with Crippen LogP contribution in [-0.4, -0.2) is 116 Å². The SMILES string of the molecule is Cc1cc(C)c2cccc(OCc3c(Cl)ccc(S(=O)(=O)NC(C)(C)C(=O)N4CCN(C(=O)[C@@H](N)CCCN(C)C)CC4)c3Cl)c2n1.O=C(O)C(F)(F)F. The number of sulfonamides is 1. The average molecular weight is 822 g/mol. The van der Waals surface area contributed by atoms with Gasteiger partial charge in [0.15, 0.2) is 0 Å². The van der Waals surface area contributed by atoms with Gasteiger partial charge in [0.25, 0.3) is 0 Å². The fraction of sp³-hybridized carbons (Fsp3) is 0.486. The molecule has 1 saturated heterocycles. The van der Waals surface area contributed by atoms with Crippen LogP contribution in [0.4, 0.5) is 13.2 Å². The number of halogens is 5. The molecule has 1 aliphatic rings. The number of amides is 2. The van der Waals surface area contributed by atoms with E-state index in [0.29, 0.717) is 30.8 Å². The Morgan fingerprint density at radius 1 is 1.06 bits per heavy atom. The number of piperazine rings is 1. The Morgan fingerprint density at radius 3 is 2.22 bits per heavy atom. The van der Waals surface area contributed by atoms with E-state index in [0.717, 1.165) is 29.6 Å². The van der Waals surface area contributed by atoms with Crippen LogP contribution in [-0.2, 0) is 31.0 Å². The number of aryl methyl sites for hydroxylation is 2. The minimum atomic E-state index is -5.08. The van der Waals surface area contributed by atoms with E-state index >= 15 is 0 Å². The molecule has 0 aliphatic carbocycles. The van der Waals surface area contributed by atoms with Crippen molar-refractivity contribution in [2.45, 2.75) is 69.8 Å². The molecule has 1 aliphatic heterocycles. The maximum atomic E-state index is 13.7. The standard InChI is InChI=1S/C33H44Cl2N6O5S.C2HF3O2/c1-21-19-22(2)37-30-23(21)9-7-11-27(30)46-20-24-25(34)12-13-28(29(24)35)47(44,45)38-33(3,4)32(43)41-17-15-40(16-18-41)31(42)26(36)10-8-14-39(5)6;3-2(4,5)1(6)7/h7,9,11-13,19,26,38H,8,10,14-18,20,36H2,1-6H3;(H,6,7)/t26-;/m0./s1. The van der Waals surface area contributed by atoms with Crippen molar-refractivity contribution in [3.63, 3.8) is 0 Å². The van der Waals surface area contributed by atoms with Gasteiger partial charge >= 0.3 is 12.1 Å². The van der Waals surface area contributed by atoms with E-state index < -0.39 is 39.7 Å². The van der Waals surface area contributed by atoms with Gasteiger partial charge in [-0.1, -0.05) is 35.3 Å². The number of aliphatic carboxylic acids is 1. The molecule has 4 rings (SSSR count). The van der Waals surface area contributed by atoms with Crippen LogP contribution in [0.1, 0.15) is 43.5 Å². The lowest BCUT2D eigenvalue weighted by Crippen LogP contribution is -2.61. The molecule has 19 heteroatoms. The van der Waals surface area contributed by atoms with E-state index in [-0.39, 0.29) is 46.1 Å².